The van der Waals surface area contributed by atoms with Crippen molar-refractivity contribution in [2.24, 2.45) is 0 Å². The standard InChI is InChI=1S/C31H37BrClN3O4S/c1-4-23(2)34-31(38)29(20-24-10-6-5-7-11-24)35(22-25-15-17-26(32)18-16-25)30(37)14-9-19-36(41(3,39)40)28-13-8-12-27(33)21-28/h5-8,10-13,15-18,21,23,29H,4,9,14,19-20,22H2,1-3H3,(H,34,38)/t23-,29-/m1/s1. The van der Waals surface area contributed by atoms with Gasteiger partial charge in [0.15, 0.2) is 0 Å². The van der Waals surface area contributed by atoms with Crippen LogP contribution < -0.4 is 9.62 Å². The zero-order chi connectivity index (χ0) is 30.0. The molecule has 0 radical (unpaired) electrons. The molecule has 2 atom stereocenters. The molecular weight excluding hydrogens is 626 g/mol. The second kappa shape index (κ2) is 15.4. The first-order chi connectivity index (χ1) is 19.5. The Morgan fingerprint density at radius 3 is 2.27 bits per heavy atom. The summed E-state index contributed by atoms with van der Waals surface area (Å²) in [5, 5.41) is 3.48. The van der Waals surface area contributed by atoms with Crippen LogP contribution >= 0.6 is 27.5 Å². The van der Waals surface area contributed by atoms with E-state index in [2.05, 4.69) is 21.2 Å². The number of hydrogen-bond donors (Lipinski definition) is 1. The average Bonchev–Trinajstić information content (AvgIpc) is 2.93. The number of amides is 2. The summed E-state index contributed by atoms with van der Waals surface area (Å²) in [7, 11) is -3.61. The number of halogens is 2. The van der Waals surface area contributed by atoms with Gasteiger partial charge in [0.2, 0.25) is 21.8 Å². The third-order valence-corrected chi connectivity index (χ3v) is 8.74. The van der Waals surface area contributed by atoms with E-state index in [0.717, 1.165) is 28.3 Å². The monoisotopic (exact) mass is 661 g/mol. The minimum atomic E-state index is -3.61. The van der Waals surface area contributed by atoms with Crippen LogP contribution in [-0.4, -0.2) is 50.0 Å². The number of sulfonamides is 1. The second-order valence-corrected chi connectivity index (χ2v) is 13.3. The minimum Gasteiger partial charge on any atom is -0.352 e. The summed E-state index contributed by atoms with van der Waals surface area (Å²) in [6.45, 7) is 4.27. The molecule has 3 aromatic rings. The fourth-order valence-corrected chi connectivity index (χ4v) is 5.82. The number of hydrogen-bond acceptors (Lipinski definition) is 4. The van der Waals surface area contributed by atoms with Crippen LogP contribution in [0.25, 0.3) is 0 Å². The van der Waals surface area contributed by atoms with Gasteiger partial charge in [-0.3, -0.25) is 13.9 Å². The van der Waals surface area contributed by atoms with Crippen molar-refractivity contribution in [1.29, 1.82) is 0 Å². The van der Waals surface area contributed by atoms with Crippen molar-refractivity contribution in [3.05, 3.63) is 99.5 Å². The van der Waals surface area contributed by atoms with E-state index in [1.807, 2.05) is 68.4 Å². The van der Waals surface area contributed by atoms with Crippen molar-refractivity contribution in [2.45, 2.75) is 58.2 Å². The summed E-state index contributed by atoms with van der Waals surface area (Å²) < 4.78 is 27.3. The molecule has 0 unspecified atom stereocenters. The van der Waals surface area contributed by atoms with Crippen LogP contribution in [0.4, 0.5) is 5.69 Å². The maximum Gasteiger partial charge on any atom is 0.243 e. The summed E-state index contributed by atoms with van der Waals surface area (Å²) in [5.74, 6) is -0.446. The first-order valence-corrected chi connectivity index (χ1v) is 16.6. The Kier molecular flexibility index (Phi) is 12.2. The van der Waals surface area contributed by atoms with Crippen molar-refractivity contribution in [3.8, 4) is 0 Å². The lowest BCUT2D eigenvalue weighted by atomic mass is 10.0. The normalized spacial score (nSPS) is 12.8. The summed E-state index contributed by atoms with van der Waals surface area (Å²) in [5.41, 5.74) is 2.26. The van der Waals surface area contributed by atoms with Crippen molar-refractivity contribution in [1.82, 2.24) is 10.2 Å². The van der Waals surface area contributed by atoms with E-state index in [1.165, 1.54) is 4.31 Å². The van der Waals surface area contributed by atoms with Crippen LogP contribution in [0, 0.1) is 0 Å². The van der Waals surface area contributed by atoms with Crippen molar-refractivity contribution in [3.63, 3.8) is 0 Å². The van der Waals surface area contributed by atoms with Gasteiger partial charge >= 0.3 is 0 Å². The summed E-state index contributed by atoms with van der Waals surface area (Å²) in [4.78, 5) is 29.1. The highest BCUT2D eigenvalue weighted by atomic mass is 79.9. The van der Waals surface area contributed by atoms with E-state index in [4.69, 9.17) is 11.6 Å². The molecule has 0 fully saturated rings. The Morgan fingerprint density at radius 2 is 1.66 bits per heavy atom. The molecular formula is C31H37BrClN3O4S. The predicted octanol–water partition coefficient (Wildman–Crippen LogP) is 6.20. The van der Waals surface area contributed by atoms with Gasteiger partial charge in [-0.2, -0.15) is 0 Å². The van der Waals surface area contributed by atoms with E-state index in [-0.39, 0.29) is 43.8 Å². The molecule has 7 nitrogen and oxygen atoms in total. The number of carbonyl (C=O) groups excluding carboxylic acids is 2. The number of nitrogens with one attached hydrogen (secondary N) is 1. The molecule has 0 bridgehead atoms. The van der Waals surface area contributed by atoms with Gasteiger partial charge in [0.05, 0.1) is 11.9 Å². The number of rotatable bonds is 14. The maximum atomic E-state index is 13.9. The number of carbonyl (C=O) groups is 2. The topological polar surface area (TPSA) is 86.8 Å². The Labute approximate surface area is 257 Å². The minimum absolute atomic E-state index is 0.0496. The summed E-state index contributed by atoms with van der Waals surface area (Å²) in [6, 6.07) is 23.1. The molecule has 220 valence electrons. The van der Waals surface area contributed by atoms with Gasteiger partial charge < -0.3 is 10.2 Å². The van der Waals surface area contributed by atoms with Gasteiger partial charge in [0.1, 0.15) is 6.04 Å². The molecule has 2 amide bonds. The van der Waals surface area contributed by atoms with Gasteiger partial charge in [-0.1, -0.05) is 83.0 Å². The SMILES string of the molecule is CC[C@@H](C)NC(=O)[C@@H](Cc1ccccc1)N(Cc1ccc(Br)cc1)C(=O)CCCN(c1cccc(Cl)c1)S(C)(=O)=O. The van der Waals surface area contributed by atoms with Gasteiger partial charge in [-0.05, 0) is 61.2 Å². The van der Waals surface area contributed by atoms with Crippen LogP contribution in [-0.2, 0) is 32.6 Å². The molecule has 0 saturated heterocycles. The van der Waals surface area contributed by atoms with E-state index in [1.54, 1.807) is 29.2 Å². The maximum absolute atomic E-state index is 13.9. The molecule has 10 heteroatoms. The first kappa shape index (κ1) is 32.6. The van der Waals surface area contributed by atoms with E-state index in [9.17, 15) is 18.0 Å². The Hall–Kier alpha value is -2.88. The molecule has 3 rings (SSSR count). The quantitative estimate of drug-likeness (QED) is 0.223. The molecule has 0 heterocycles. The molecule has 0 saturated carbocycles. The smallest absolute Gasteiger partial charge is 0.243 e. The number of nitrogens with zero attached hydrogens (tertiary/aromatic N) is 2. The van der Waals surface area contributed by atoms with Crippen molar-refractivity contribution >= 4 is 55.1 Å². The fourth-order valence-electron chi connectivity index (χ4n) is 4.42. The molecule has 1 N–H and O–H groups in total. The average molecular weight is 663 g/mol. The third kappa shape index (κ3) is 10.2. The number of anilines is 1. The Balaban J connectivity index is 1.89. The second-order valence-electron chi connectivity index (χ2n) is 10.1. The highest BCUT2D eigenvalue weighted by molar-refractivity contribution is 9.10. The van der Waals surface area contributed by atoms with Crippen LogP contribution in [0.5, 0.6) is 0 Å². The third-order valence-electron chi connectivity index (χ3n) is 6.79. The van der Waals surface area contributed by atoms with Crippen molar-refractivity contribution in [2.75, 3.05) is 17.1 Å². The van der Waals surface area contributed by atoms with Crippen LogP contribution in [0.1, 0.15) is 44.2 Å². The van der Waals surface area contributed by atoms with Gasteiger partial charge in [-0.15, -0.1) is 0 Å². The predicted molar refractivity (Wildman–Crippen MR) is 169 cm³/mol. The molecule has 41 heavy (non-hydrogen) atoms. The molecule has 0 aliphatic heterocycles. The van der Waals surface area contributed by atoms with Crippen LogP contribution in [0.3, 0.4) is 0 Å². The summed E-state index contributed by atoms with van der Waals surface area (Å²) in [6.07, 6.45) is 2.56. The first-order valence-electron chi connectivity index (χ1n) is 13.6. The lowest BCUT2D eigenvalue weighted by Gasteiger charge is -2.32. The number of benzene rings is 3. The van der Waals surface area contributed by atoms with Gasteiger partial charge in [0.25, 0.3) is 0 Å². The van der Waals surface area contributed by atoms with Crippen LogP contribution in [0.2, 0.25) is 5.02 Å². The largest absolute Gasteiger partial charge is 0.352 e. The molecule has 0 aromatic heterocycles. The fraction of sp³-hybridized carbons (Fsp3) is 0.355. The van der Waals surface area contributed by atoms with E-state index < -0.39 is 16.1 Å². The highest BCUT2D eigenvalue weighted by Gasteiger charge is 2.31. The lowest BCUT2D eigenvalue weighted by Crippen LogP contribution is -2.52. The Morgan fingerprint density at radius 1 is 0.976 bits per heavy atom. The van der Waals surface area contributed by atoms with Crippen LogP contribution in [0.15, 0.2) is 83.3 Å². The zero-order valence-electron chi connectivity index (χ0n) is 23.6. The molecule has 0 aliphatic carbocycles. The zero-order valence-corrected chi connectivity index (χ0v) is 26.8. The van der Waals surface area contributed by atoms with Gasteiger partial charge in [-0.25, -0.2) is 8.42 Å². The molecule has 3 aromatic carbocycles. The lowest BCUT2D eigenvalue weighted by molar-refractivity contribution is -0.141. The van der Waals surface area contributed by atoms with E-state index >= 15 is 0 Å². The summed E-state index contributed by atoms with van der Waals surface area (Å²) >= 11 is 9.56. The highest BCUT2D eigenvalue weighted by Crippen LogP contribution is 2.23. The molecule has 0 spiro atoms. The molecule has 0 aliphatic rings. The van der Waals surface area contributed by atoms with Gasteiger partial charge in [0, 0.05) is 41.5 Å². The van der Waals surface area contributed by atoms with E-state index in [0.29, 0.717) is 17.1 Å². The van der Waals surface area contributed by atoms with Crippen molar-refractivity contribution < 1.29 is 18.0 Å². The Bertz CT molecular complexity index is 1400.